The highest BCUT2D eigenvalue weighted by molar-refractivity contribution is 5.98. The highest BCUT2D eigenvalue weighted by Gasteiger charge is 2.45. The van der Waals surface area contributed by atoms with Crippen molar-refractivity contribution in [3.05, 3.63) is 18.2 Å². The number of rotatable bonds is 3. The predicted octanol–water partition coefficient (Wildman–Crippen LogP) is -1.64. The third-order valence-corrected chi connectivity index (χ3v) is 3.92. The van der Waals surface area contributed by atoms with E-state index in [-0.39, 0.29) is 5.91 Å². The first-order valence-corrected chi connectivity index (χ1v) is 7.36. The van der Waals surface area contributed by atoms with E-state index in [1.807, 2.05) is 0 Å². The van der Waals surface area contributed by atoms with Gasteiger partial charge < -0.3 is 30.5 Å². The summed E-state index contributed by atoms with van der Waals surface area (Å²) in [6.45, 7) is 0.825. The molecule has 130 valence electrons. The summed E-state index contributed by atoms with van der Waals surface area (Å²) in [6, 6.07) is 4.97. The fraction of sp³-hybridized carbons (Fsp3) is 0.500. The van der Waals surface area contributed by atoms with Crippen LogP contribution in [0.25, 0.3) is 11.0 Å². The van der Waals surface area contributed by atoms with E-state index < -0.39 is 37.3 Å². The number of anilines is 1. The van der Waals surface area contributed by atoms with Gasteiger partial charge >= 0.3 is 0 Å². The van der Waals surface area contributed by atoms with Crippen LogP contribution in [-0.4, -0.2) is 72.3 Å². The maximum atomic E-state index is 11.3. The van der Waals surface area contributed by atoms with Crippen LogP contribution in [0.5, 0.6) is 0 Å². The molecule has 1 saturated heterocycles. The summed E-state index contributed by atoms with van der Waals surface area (Å²) in [7, 11) is 0. The molecule has 2 aromatic rings. The van der Waals surface area contributed by atoms with Gasteiger partial charge in [0.05, 0.1) is 17.8 Å². The lowest BCUT2D eigenvalue weighted by Gasteiger charge is -2.39. The number of aromatic nitrogens is 3. The van der Waals surface area contributed by atoms with E-state index >= 15 is 0 Å². The Balaban J connectivity index is 2.01. The quantitative estimate of drug-likeness (QED) is 0.447. The van der Waals surface area contributed by atoms with Gasteiger partial charge in [0.15, 0.2) is 6.23 Å². The molecule has 5 atom stereocenters. The number of carbonyl (C=O) groups excluding carboxylic acids is 1. The predicted molar refractivity (Wildman–Crippen MR) is 80.8 cm³/mol. The Morgan fingerprint density at radius 1 is 1.29 bits per heavy atom. The Hall–Kier alpha value is -2.11. The average Bonchev–Trinajstić information content (AvgIpc) is 2.98. The van der Waals surface area contributed by atoms with Crippen LogP contribution in [0.2, 0.25) is 0 Å². The standard InChI is InChI=1S/C14H18N4O6/c1-6(20)15-7-3-2-4-8-10(7)16-17-18(8)14-13(23)12(22)11(21)9(5-19)24-14/h2-4,9,11-14,19,21-23H,5H2,1H3,(H,15,20)/t9-,11-,12+,13-,14-/m0/s1. The molecule has 1 aromatic carbocycles. The molecule has 24 heavy (non-hydrogen) atoms. The fourth-order valence-corrected chi connectivity index (χ4v) is 2.72. The smallest absolute Gasteiger partial charge is 0.221 e. The molecule has 1 aliphatic heterocycles. The molecule has 1 aliphatic rings. The molecule has 0 aliphatic carbocycles. The van der Waals surface area contributed by atoms with Gasteiger partial charge in [-0.15, -0.1) is 5.10 Å². The zero-order valence-electron chi connectivity index (χ0n) is 12.8. The Morgan fingerprint density at radius 3 is 2.71 bits per heavy atom. The zero-order chi connectivity index (χ0) is 17.4. The van der Waals surface area contributed by atoms with Gasteiger partial charge in [-0.3, -0.25) is 4.79 Å². The van der Waals surface area contributed by atoms with Crippen LogP contribution < -0.4 is 5.32 Å². The number of benzene rings is 1. The van der Waals surface area contributed by atoms with Gasteiger partial charge in [0.25, 0.3) is 0 Å². The van der Waals surface area contributed by atoms with Crippen molar-refractivity contribution >= 4 is 22.6 Å². The Labute approximate surface area is 136 Å². The first-order chi connectivity index (χ1) is 11.4. The summed E-state index contributed by atoms with van der Waals surface area (Å²) in [5, 5.41) is 49.7. The summed E-state index contributed by atoms with van der Waals surface area (Å²) >= 11 is 0. The molecule has 3 rings (SSSR count). The molecular formula is C14H18N4O6. The third-order valence-electron chi connectivity index (χ3n) is 3.92. The van der Waals surface area contributed by atoms with E-state index in [2.05, 4.69) is 15.6 Å². The number of carbonyl (C=O) groups is 1. The monoisotopic (exact) mass is 338 g/mol. The highest BCUT2D eigenvalue weighted by atomic mass is 16.6. The second-order valence-corrected chi connectivity index (χ2v) is 5.61. The van der Waals surface area contributed by atoms with Crippen molar-refractivity contribution in [2.75, 3.05) is 11.9 Å². The number of aliphatic hydroxyl groups excluding tert-OH is 4. The summed E-state index contributed by atoms with van der Waals surface area (Å²) < 4.78 is 6.71. The van der Waals surface area contributed by atoms with Gasteiger partial charge in [-0.1, -0.05) is 11.3 Å². The van der Waals surface area contributed by atoms with E-state index in [1.54, 1.807) is 18.2 Å². The number of nitrogens with zero attached hydrogens (tertiary/aromatic N) is 3. The molecule has 1 fully saturated rings. The van der Waals surface area contributed by atoms with E-state index in [4.69, 9.17) is 4.74 Å². The molecule has 2 heterocycles. The van der Waals surface area contributed by atoms with Crippen molar-refractivity contribution in [1.29, 1.82) is 0 Å². The van der Waals surface area contributed by atoms with Gasteiger partial charge in [-0.2, -0.15) is 0 Å². The molecule has 10 heteroatoms. The SMILES string of the molecule is CC(=O)Nc1cccc2c1nnn2[C@H]1O[C@@H](CO)[C@H](O)[C@@H](O)[C@@H]1O. The largest absolute Gasteiger partial charge is 0.394 e. The van der Waals surface area contributed by atoms with Gasteiger partial charge in [-0.25, -0.2) is 4.68 Å². The van der Waals surface area contributed by atoms with E-state index in [0.29, 0.717) is 16.7 Å². The van der Waals surface area contributed by atoms with Crippen LogP contribution in [0.15, 0.2) is 18.2 Å². The minimum atomic E-state index is -1.52. The molecule has 1 aromatic heterocycles. The summed E-state index contributed by atoms with van der Waals surface area (Å²) in [4.78, 5) is 11.3. The fourth-order valence-electron chi connectivity index (χ4n) is 2.72. The number of hydrogen-bond donors (Lipinski definition) is 5. The molecule has 10 nitrogen and oxygen atoms in total. The van der Waals surface area contributed by atoms with Crippen molar-refractivity contribution in [3.63, 3.8) is 0 Å². The van der Waals surface area contributed by atoms with Crippen LogP contribution in [0.1, 0.15) is 13.2 Å². The number of hydrogen-bond acceptors (Lipinski definition) is 8. The van der Waals surface area contributed by atoms with Crippen LogP contribution in [0.3, 0.4) is 0 Å². The maximum absolute atomic E-state index is 11.3. The van der Waals surface area contributed by atoms with Crippen LogP contribution in [-0.2, 0) is 9.53 Å². The van der Waals surface area contributed by atoms with Gasteiger partial charge in [0.1, 0.15) is 29.9 Å². The molecule has 0 spiro atoms. The normalized spacial score (nSPS) is 30.5. The third kappa shape index (κ3) is 2.74. The summed E-state index contributed by atoms with van der Waals surface area (Å²) in [5.74, 6) is -0.273. The second-order valence-electron chi connectivity index (χ2n) is 5.61. The number of fused-ring (bicyclic) bond motifs is 1. The van der Waals surface area contributed by atoms with Crippen molar-refractivity contribution in [3.8, 4) is 0 Å². The van der Waals surface area contributed by atoms with Gasteiger partial charge in [0, 0.05) is 6.92 Å². The van der Waals surface area contributed by atoms with Gasteiger partial charge in [-0.05, 0) is 12.1 Å². The van der Waals surface area contributed by atoms with Crippen LogP contribution in [0.4, 0.5) is 5.69 Å². The van der Waals surface area contributed by atoms with Gasteiger partial charge in [0.2, 0.25) is 5.91 Å². The molecule has 0 bridgehead atoms. The molecule has 0 radical (unpaired) electrons. The van der Waals surface area contributed by atoms with E-state index in [0.717, 1.165) is 0 Å². The molecule has 1 amide bonds. The first kappa shape index (κ1) is 16.7. The number of ether oxygens (including phenoxy) is 1. The molecule has 5 N–H and O–H groups in total. The molecular weight excluding hydrogens is 320 g/mol. The Kier molecular flexibility index (Phi) is 4.47. The lowest BCUT2D eigenvalue weighted by Crippen LogP contribution is -2.56. The minimum Gasteiger partial charge on any atom is -0.394 e. The van der Waals surface area contributed by atoms with Crippen molar-refractivity contribution in [1.82, 2.24) is 15.0 Å². The first-order valence-electron chi connectivity index (χ1n) is 7.36. The summed E-state index contributed by atoms with van der Waals surface area (Å²) in [6.07, 6.45) is -6.65. The number of aliphatic hydroxyl groups is 4. The van der Waals surface area contributed by atoms with Crippen molar-refractivity contribution < 1.29 is 30.0 Å². The number of nitrogens with one attached hydrogen (secondary N) is 1. The summed E-state index contributed by atoms with van der Waals surface area (Å²) in [5.41, 5.74) is 1.27. The topological polar surface area (TPSA) is 150 Å². The zero-order valence-corrected chi connectivity index (χ0v) is 12.8. The van der Waals surface area contributed by atoms with E-state index in [1.165, 1.54) is 11.6 Å². The molecule has 0 saturated carbocycles. The lowest BCUT2D eigenvalue weighted by atomic mass is 9.98. The highest BCUT2D eigenvalue weighted by Crippen LogP contribution is 2.31. The second kappa shape index (κ2) is 6.42. The number of amides is 1. The molecule has 0 unspecified atom stereocenters. The van der Waals surface area contributed by atoms with Crippen molar-refractivity contribution in [2.24, 2.45) is 0 Å². The van der Waals surface area contributed by atoms with Crippen LogP contribution >= 0.6 is 0 Å². The Bertz CT molecular complexity index is 748. The van der Waals surface area contributed by atoms with Crippen molar-refractivity contribution in [2.45, 2.75) is 37.6 Å². The lowest BCUT2D eigenvalue weighted by molar-refractivity contribution is -0.253. The minimum absolute atomic E-state index is 0.273. The van der Waals surface area contributed by atoms with Crippen LogP contribution in [0, 0.1) is 0 Å². The van der Waals surface area contributed by atoms with E-state index in [9.17, 15) is 25.2 Å². The Morgan fingerprint density at radius 2 is 2.04 bits per heavy atom. The average molecular weight is 338 g/mol. The maximum Gasteiger partial charge on any atom is 0.221 e.